The Kier molecular flexibility index (Phi) is 5.91. The van der Waals surface area contributed by atoms with Crippen LogP contribution in [0.4, 0.5) is 0 Å². The molecule has 2 aliphatic heterocycles. The summed E-state index contributed by atoms with van der Waals surface area (Å²) in [6.45, 7) is 1.23. The molecule has 0 saturated carbocycles. The van der Waals surface area contributed by atoms with Gasteiger partial charge in [-0.25, -0.2) is 0 Å². The molecule has 0 unspecified atom stereocenters. The van der Waals surface area contributed by atoms with Crippen LogP contribution in [0.25, 0.3) is 0 Å². The summed E-state index contributed by atoms with van der Waals surface area (Å²) in [5.41, 5.74) is -0.149. The van der Waals surface area contributed by atoms with Crippen LogP contribution in [0.5, 0.6) is 0 Å². The van der Waals surface area contributed by atoms with Crippen molar-refractivity contribution < 1.29 is 19.2 Å². The Hall–Kier alpha value is -2.97. The number of amides is 4. The lowest BCUT2D eigenvalue weighted by Crippen LogP contribution is -2.45. The molecule has 1 N–H and O–H groups in total. The summed E-state index contributed by atoms with van der Waals surface area (Å²) in [4.78, 5) is 62.4. The molecule has 4 amide bonds. The highest BCUT2D eigenvalue weighted by Crippen LogP contribution is 2.18. The van der Waals surface area contributed by atoms with E-state index < -0.39 is 0 Å². The largest absolute Gasteiger partial charge is 0.354 e. The average Bonchev–Trinajstić information content (AvgIpc) is 3.00. The zero-order chi connectivity index (χ0) is 20.3. The molecule has 1 aromatic rings. The van der Waals surface area contributed by atoms with Crippen molar-refractivity contribution >= 4 is 23.6 Å². The summed E-state index contributed by atoms with van der Waals surface area (Å²) in [6, 6.07) is 3.21. The fourth-order valence-corrected chi connectivity index (χ4v) is 3.53. The molecule has 2 fully saturated rings. The molecule has 0 aromatic carbocycles. The Labute approximate surface area is 162 Å². The maximum absolute atomic E-state index is 12.6. The molecule has 0 spiro atoms. The molecule has 28 heavy (non-hydrogen) atoms. The van der Waals surface area contributed by atoms with Gasteiger partial charge < -0.3 is 14.8 Å². The summed E-state index contributed by atoms with van der Waals surface area (Å²) in [7, 11) is 1.61. The zero-order valence-corrected chi connectivity index (χ0v) is 15.8. The SMILES string of the molecule is Cn1cccc(C(=O)N2CCC(CNC(=O)CN3C(=O)CCC3=O)CC2)c1=O. The number of aromatic nitrogens is 1. The predicted molar refractivity (Wildman–Crippen MR) is 99.3 cm³/mol. The number of rotatable bonds is 5. The van der Waals surface area contributed by atoms with E-state index in [4.69, 9.17) is 0 Å². The zero-order valence-electron chi connectivity index (χ0n) is 15.8. The quantitative estimate of drug-likeness (QED) is 0.684. The van der Waals surface area contributed by atoms with Crippen LogP contribution in [0.15, 0.2) is 23.1 Å². The van der Waals surface area contributed by atoms with Gasteiger partial charge in [0.1, 0.15) is 12.1 Å². The molecule has 3 rings (SSSR count). The van der Waals surface area contributed by atoms with Crippen molar-refractivity contribution in [3.05, 3.63) is 34.2 Å². The van der Waals surface area contributed by atoms with Crippen molar-refractivity contribution in [3.8, 4) is 0 Å². The third kappa shape index (κ3) is 4.29. The minimum atomic E-state index is -0.352. The smallest absolute Gasteiger partial charge is 0.263 e. The fraction of sp³-hybridized carbons (Fsp3) is 0.526. The van der Waals surface area contributed by atoms with Gasteiger partial charge in [-0.15, -0.1) is 0 Å². The number of nitrogens with one attached hydrogen (secondary N) is 1. The van der Waals surface area contributed by atoms with E-state index in [0.717, 1.165) is 4.90 Å². The van der Waals surface area contributed by atoms with Gasteiger partial charge in [-0.3, -0.25) is 28.9 Å². The summed E-state index contributed by atoms with van der Waals surface area (Å²) < 4.78 is 1.38. The van der Waals surface area contributed by atoms with Gasteiger partial charge in [-0.2, -0.15) is 0 Å². The maximum atomic E-state index is 12.6. The van der Waals surface area contributed by atoms with Crippen LogP contribution >= 0.6 is 0 Å². The van der Waals surface area contributed by atoms with E-state index in [9.17, 15) is 24.0 Å². The second-order valence-corrected chi connectivity index (χ2v) is 7.25. The van der Waals surface area contributed by atoms with Gasteiger partial charge in [-0.1, -0.05) is 0 Å². The Bertz CT molecular complexity index is 838. The van der Waals surface area contributed by atoms with Gasteiger partial charge in [0.25, 0.3) is 11.5 Å². The van der Waals surface area contributed by atoms with Gasteiger partial charge in [0.15, 0.2) is 0 Å². The molecule has 1 aromatic heterocycles. The van der Waals surface area contributed by atoms with Gasteiger partial charge in [0.2, 0.25) is 17.7 Å². The molecular formula is C19H24N4O5. The Morgan fingerprint density at radius 1 is 1.11 bits per heavy atom. The first-order chi connectivity index (χ1) is 13.4. The van der Waals surface area contributed by atoms with Crippen molar-refractivity contribution in [2.24, 2.45) is 13.0 Å². The third-order valence-corrected chi connectivity index (χ3v) is 5.30. The van der Waals surface area contributed by atoms with Crippen LogP contribution in [0.2, 0.25) is 0 Å². The molecule has 150 valence electrons. The monoisotopic (exact) mass is 388 g/mol. The van der Waals surface area contributed by atoms with E-state index >= 15 is 0 Å². The number of imide groups is 1. The number of hydrogen-bond acceptors (Lipinski definition) is 5. The minimum Gasteiger partial charge on any atom is -0.354 e. The molecule has 0 bridgehead atoms. The molecule has 2 saturated heterocycles. The Balaban J connectivity index is 1.45. The topological polar surface area (TPSA) is 109 Å². The number of carbonyl (C=O) groups is 4. The van der Waals surface area contributed by atoms with Crippen LogP contribution in [-0.2, 0) is 21.4 Å². The molecule has 9 heteroatoms. The number of aryl methyl sites for hydroxylation is 1. The highest BCUT2D eigenvalue weighted by Gasteiger charge is 2.31. The molecule has 3 heterocycles. The van der Waals surface area contributed by atoms with Crippen molar-refractivity contribution in [1.82, 2.24) is 19.7 Å². The van der Waals surface area contributed by atoms with E-state index in [1.165, 1.54) is 10.6 Å². The first kappa shape index (κ1) is 19.8. The highest BCUT2D eigenvalue weighted by atomic mass is 16.2. The van der Waals surface area contributed by atoms with Crippen LogP contribution < -0.4 is 10.9 Å². The number of nitrogens with zero attached hydrogens (tertiary/aromatic N) is 3. The second kappa shape index (κ2) is 8.37. The number of pyridine rings is 1. The summed E-state index contributed by atoms with van der Waals surface area (Å²) in [5, 5.41) is 2.77. The van der Waals surface area contributed by atoms with E-state index in [1.807, 2.05) is 0 Å². The normalized spacial score (nSPS) is 17.9. The van der Waals surface area contributed by atoms with Crippen LogP contribution in [0.1, 0.15) is 36.0 Å². The van der Waals surface area contributed by atoms with Crippen LogP contribution in [-0.4, -0.2) is 64.2 Å². The van der Waals surface area contributed by atoms with Crippen molar-refractivity contribution in [2.45, 2.75) is 25.7 Å². The lowest BCUT2D eigenvalue weighted by Gasteiger charge is -2.32. The van der Waals surface area contributed by atoms with E-state index in [2.05, 4.69) is 5.32 Å². The summed E-state index contributed by atoms with van der Waals surface area (Å²) >= 11 is 0. The van der Waals surface area contributed by atoms with Crippen molar-refractivity contribution in [3.63, 3.8) is 0 Å². The Morgan fingerprint density at radius 3 is 2.39 bits per heavy atom. The fourth-order valence-electron chi connectivity index (χ4n) is 3.53. The maximum Gasteiger partial charge on any atom is 0.263 e. The van der Waals surface area contributed by atoms with Crippen LogP contribution in [0.3, 0.4) is 0 Å². The first-order valence-corrected chi connectivity index (χ1v) is 9.41. The van der Waals surface area contributed by atoms with E-state index in [0.29, 0.717) is 32.5 Å². The molecule has 2 aliphatic rings. The minimum absolute atomic E-state index is 0.164. The standard InChI is InChI=1S/C19H24N4O5/c1-21-8-2-3-14(18(21)27)19(28)22-9-6-13(7-10-22)11-20-15(24)12-23-16(25)4-5-17(23)26/h2-3,8,13H,4-7,9-12H2,1H3,(H,20,24). The molecule has 0 radical (unpaired) electrons. The summed E-state index contributed by atoms with van der Waals surface area (Å²) in [5.74, 6) is -1.03. The summed E-state index contributed by atoms with van der Waals surface area (Å²) in [6.07, 6.45) is 3.37. The highest BCUT2D eigenvalue weighted by molar-refractivity contribution is 6.04. The lowest BCUT2D eigenvalue weighted by molar-refractivity contribution is -0.142. The second-order valence-electron chi connectivity index (χ2n) is 7.25. The van der Waals surface area contributed by atoms with Crippen molar-refractivity contribution in [2.75, 3.05) is 26.2 Å². The number of piperidine rings is 1. The van der Waals surface area contributed by atoms with Gasteiger partial charge in [-0.05, 0) is 30.9 Å². The molecule has 9 nitrogen and oxygen atoms in total. The van der Waals surface area contributed by atoms with Gasteiger partial charge in [0.05, 0.1) is 0 Å². The van der Waals surface area contributed by atoms with E-state index in [1.54, 1.807) is 24.2 Å². The Morgan fingerprint density at radius 2 is 1.75 bits per heavy atom. The third-order valence-electron chi connectivity index (χ3n) is 5.30. The number of hydrogen-bond donors (Lipinski definition) is 1. The van der Waals surface area contributed by atoms with E-state index in [-0.39, 0.29) is 60.1 Å². The first-order valence-electron chi connectivity index (χ1n) is 9.41. The van der Waals surface area contributed by atoms with Gasteiger partial charge >= 0.3 is 0 Å². The average molecular weight is 388 g/mol. The lowest BCUT2D eigenvalue weighted by atomic mass is 9.96. The predicted octanol–water partition coefficient (Wildman–Crippen LogP) is -0.497. The number of carbonyl (C=O) groups excluding carboxylic acids is 4. The molecular weight excluding hydrogens is 364 g/mol. The molecule has 0 aliphatic carbocycles. The molecule has 0 atom stereocenters. The van der Waals surface area contributed by atoms with Crippen LogP contribution in [0, 0.1) is 5.92 Å². The van der Waals surface area contributed by atoms with Gasteiger partial charge in [0, 0.05) is 45.7 Å². The number of likely N-dealkylation sites (tertiary alicyclic amines) is 2. The van der Waals surface area contributed by atoms with Crippen molar-refractivity contribution in [1.29, 1.82) is 0 Å².